The molecule has 2 aromatic carbocycles. The maximum Gasteiger partial charge on any atom is 0.282 e. The van der Waals surface area contributed by atoms with Crippen molar-refractivity contribution in [3.05, 3.63) is 42.5 Å². The molecule has 2 heterocycles. The largest absolute Gasteiger partial charge is 0.486 e. The molecule has 1 unspecified atom stereocenters. The Labute approximate surface area is 157 Å². The van der Waals surface area contributed by atoms with E-state index in [2.05, 4.69) is 5.32 Å². The van der Waals surface area contributed by atoms with Gasteiger partial charge in [0.1, 0.15) is 13.2 Å². The molecule has 0 saturated heterocycles. The van der Waals surface area contributed by atoms with Crippen LogP contribution in [0.2, 0.25) is 0 Å². The number of amides is 1. The zero-order chi connectivity index (χ0) is 18.8. The number of fused-ring (bicyclic) bond motifs is 2. The van der Waals surface area contributed by atoms with E-state index in [0.29, 0.717) is 30.3 Å². The topological polar surface area (TPSA) is 70.5 Å². The van der Waals surface area contributed by atoms with E-state index in [4.69, 9.17) is 18.9 Å². The molecule has 0 aromatic heterocycles. The lowest BCUT2D eigenvalue weighted by molar-refractivity contribution is -0.896. The Morgan fingerprint density at radius 2 is 1.85 bits per heavy atom. The number of anilines is 1. The summed E-state index contributed by atoms with van der Waals surface area (Å²) in [4.78, 5) is 13.7. The number of nitrogens with one attached hydrogen (secondary N) is 2. The van der Waals surface area contributed by atoms with Gasteiger partial charge in [-0.1, -0.05) is 12.1 Å². The van der Waals surface area contributed by atoms with Gasteiger partial charge in [0.05, 0.1) is 7.05 Å². The minimum atomic E-state index is -0.254. The monoisotopic (exact) mass is 371 g/mol. The van der Waals surface area contributed by atoms with Gasteiger partial charge >= 0.3 is 0 Å². The van der Waals surface area contributed by atoms with E-state index in [1.807, 2.05) is 44.3 Å². The Morgan fingerprint density at radius 3 is 2.70 bits per heavy atom. The van der Waals surface area contributed by atoms with Gasteiger partial charge in [-0.3, -0.25) is 4.79 Å². The number of ether oxygens (including phenoxy) is 4. The fourth-order valence-corrected chi connectivity index (χ4v) is 3.15. The van der Waals surface area contributed by atoms with Gasteiger partial charge in [0.2, 0.25) is 6.79 Å². The van der Waals surface area contributed by atoms with Crippen LogP contribution in [0.3, 0.4) is 0 Å². The molecule has 2 aliphatic heterocycles. The summed E-state index contributed by atoms with van der Waals surface area (Å²) in [6, 6.07) is 12.8. The van der Waals surface area contributed by atoms with Crippen LogP contribution in [0, 0.1) is 0 Å². The Hall–Kier alpha value is -2.93. The smallest absolute Gasteiger partial charge is 0.282 e. The second kappa shape index (κ2) is 7.36. The zero-order valence-corrected chi connectivity index (χ0v) is 15.4. The lowest BCUT2D eigenvalue weighted by atomic mass is 10.2. The molecule has 1 amide bonds. The first kappa shape index (κ1) is 17.5. The lowest BCUT2D eigenvalue weighted by Gasteiger charge is -2.29. The van der Waals surface area contributed by atoms with Crippen LogP contribution < -0.4 is 29.2 Å². The summed E-state index contributed by atoms with van der Waals surface area (Å²) >= 11 is 0. The number of hydrogen-bond acceptors (Lipinski definition) is 5. The first-order valence-electron chi connectivity index (χ1n) is 9.01. The lowest BCUT2D eigenvalue weighted by Crippen LogP contribution is -3.15. The van der Waals surface area contributed by atoms with E-state index in [-0.39, 0.29) is 24.8 Å². The van der Waals surface area contributed by atoms with Gasteiger partial charge in [-0.25, -0.2) is 0 Å². The standard InChI is InChI=1S/C20H22N2O5/c1-13(20(23)21-14-7-8-17-19(9-14)26-12-25-17)22(2)10-15-11-24-16-5-3-4-6-18(16)27-15/h3-9,13,15H,10-12H2,1-2H3,(H,21,23)/p+1/t13-,15+/m0/s1. The van der Waals surface area contributed by atoms with E-state index in [9.17, 15) is 4.79 Å². The van der Waals surface area contributed by atoms with Crippen molar-refractivity contribution in [2.24, 2.45) is 0 Å². The number of carbonyl (C=O) groups excluding carboxylic acids is 1. The van der Waals surface area contributed by atoms with Gasteiger partial charge in [0.15, 0.2) is 35.1 Å². The van der Waals surface area contributed by atoms with Gasteiger partial charge in [0, 0.05) is 11.8 Å². The third-order valence-electron chi connectivity index (χ3n) is 4.89. The fraction of sp³-hybridized carbons (Fsp3) is 0.350. The van der Waals surface area contributed by atoms with Gasteiger partial charge in [-0.2, -0.15) is 0 Å². The molecule has 27 heavy (non-hydrogen) atoms. The van der Waals surface area contributed by atoms with Gasteiger partial charge < -0.3 is 29.2 Å². The second-order valence-electron chi connectivity index (χ2n) is 6.83. The van der Waals surface area contributed by atoms with Gasteiger partial charge in [-0.05, 0) is 31.2 Å². The molecule has 2 aliphatic rings. The molecule has 0 aliphatic carbocycles. The van der Waals surface area contributed by atoms with Crippen LogP contribution in [0.15, 0.2) is 42.5 Å². The van der Waals surface area contributed by atoms with E-state index in [1.54, 1.807) is 12.1 Å². The molecule has 0 bridgehead atoms. The van der Waals surface area contributed by atoms with E-state index in [1.165, 1.54) is 0 Å². The first-order valence-corrected chi connectivity index (χ1v) is 9.01. The number of hydrogen-bond donors (Lipinski definition) is 2. The average molecular weight is 371 g/mol. The zero-order valence-electron chi connectivity index (χ0n) is 15.4. The minimum Gasteiger partial charge on any atom is -0.486 e. The van der Waals surface area contributed by atoms with Crippen molar-refractivity contribution in [3.63, 3.8) is 0 Å². The Bertz CT molecular complexity index is 841. The molecule has 0 saturated carbocycles. The summed E-state index contributed by atoms with van der Waals surface area (Å²) in [7, 11) is 1.98. The van der Waals surface area contributed by atoms with E-state index < -0.39 is 0 Å². The molecule has 142 valence electrons. The highest BCUT2D eigenvalue weighted by molar-refractivity contribution is 5.93. The summed E-state index contributed by atoms with van der Waals surface area (Å²) in [6.45, 7) is 3.24. The normalized spacial score (nSPS) is 19.3. The number of benzene rings is 2. The predicted molar refractivity (Wildman–Crippen MR) is 98.8 cm³/mol. The Kier molecular flexibility index (Phi) is 4.77. The molecule has 2 aromatic rings. The number of para-hydroxylation sites is 2. The van der Waals surface area contributed by atoms with Crippen LogP contribution in [0.1, 0.15) is 6.92 Å². The average Bonchev–Trinajstić information content (AvgIpc) is 3.15. The summed E-state index contributed by atoms with van der Waals surface area (Å²) in [5.41, 5.74) is 0.690. The Balaban J connectivity index is 1.33. The molecule has 4 rings (SSSR count). The molecular formula is C20H23N2O5+. The van der Waals surface area contributed by atoms with Crippen LogP contribution >= 0.6 is 0 Å². The third-order valence-corrected chi connectivity index (χ3v) is 4.89. The predicted octanol–water partition coefficient (Wildman–Crippen LogP) is 1.10. The SMILES string of the molecule is C[C@@H](C(=O)Nc1ccc2c(c1)OCO2)[NH+](C)C[C@@H]1COc2ccccc2O1. The van der Waals surface area contributed by atoms with Crippen molar-refractivity contribution in [1.82, 2.24) is 0 Å². The van der Waals surface area contributed by atoms with E-state index in [0.717, 1.165) is 16.4 Å². The minimum absolute atomic E-state index is 0.0662. The molecule has 3 atom stereocenters. The number of rotatable bonds is 5. The van der Waals surface area contributed by atoms with E-state index >= 15 is 0 Å². The Morgan fingerprint density at radius 1 is 1.11 bits per heavy atom. The van der Waals surface area contributed by atoms with Crippen LogP contribution in [-0.4, -0.2) is 45.0 Å². The second-order valence-corrected chi connectivity index (χ2v) is 6.83. The van der Waals surface area contributed by atoms with Crippen molar-refractivity contribution in [2.45, 2.75) is 19.1 Å². The molecule has 2 N–H and O–H groups in total. The third kappa shape index (κ3) is 3.78. The number of carbonyl (C=O) groups is 1. The molecule has 0 fully saturated rings. The molecule has 7 nitrogen and oxygen atoms in total. The number of quaternary nitrogens is 1. The highest BCUT2D eigenvalue weighted by Crippen LogP contribution is 2.34. The van der Waals surface area contributed by atoms with Crippen LogP contribution in [0.25, 0.3) is 0 Å². The van der Waals surface area contributed by atoms with Crippen molar-refractivity contribution in [1.29, 1.82) is 0 Å². The van der Waals surface area contributed by atoms with Crippen LogP contribution in [0.4, 0.5) is 5.69 Å². The van der Waals surface area contributed by atoms with Gasteiger partial charge in [-0.15, -0.1) is 0 Å². The van der Waals surface area contributed by atoms with Crippen molar-refractivity contribution < 1.29 is 28.6 Å². The first-order chi connectivity index (χ1) is 13.1. The van der Waals surface area contributed by atoms with Crippen molar-refractivity contribution in [3.8, 4) is 23.0 Å². The molecule has 0 spiro atoms. The highest BCUT2D eigenvalue weighted by Gasteiger charge is 2.29. The van der Waals surface area contributed by atoms with Crippen LogP contribution in [0.5, 0.6) is 23.0 Å². The highest BCUT2D eigenvalue weighted by atomic mass is 16.7. The molecule has 0 radical (unpaired) electrons. The van der Waals surface area contributed by atoms with Crippen LogP contribution in [-0.2, 0) is 4.79 Å². The van der Waals surface area contributed by atoms with Crippen molar-refractivity contribution >= 4 is 11.6 Å². The summed E-state index contributed by atoms with van der Waals surface area (Å²) in [5.74, 6) is 2.79. The maximum atomic E-state index is 12.6. The molecule has 7 heteroatoms. The van der Waals surface area contributed by atoms with Crippen molar-refractivity contribution in [2.75, 3.05) is 32.3 Å². The summed E-state index contributed by atoms with van der Waals surface area (Å²) in [5, 5.41) is 2.94. The fourth-order valence-electron chi connectivity index (χ4n) is 3.15. The summed E-state index contributed by atoms with van der Waals surface area (Å²) < 4.78 is 22.4. The number of likely N-dealkylation sites (N-methyl/N-ethyl adjacent to an activating group) is 1. The maximum absolute atomic E-state index is 12.6. The summed E-state index contributed by atoms with van der Waals surface area (Å²) in [6.07, 6.45) is -0.0966. The molecular weight excluding hydrogens is 348 g/mol. The van der Waals surface area contributed by atoms with Gasteiger partial charge in [0.25, 0.3) is 5.91 Å². The quantitative estimate of drug-likeness (QED) is 0.824.